The molecule has 2 heterocycles. The topological polar surface area (TPSA) is 33.1 Å². The Bertz CT molecular complexity index is 2650. The Kier molecular flexibility index (Phi) is 5.25. The molecule has 6 aromatic carbocycles. The number of rotatable bonds is 2. The fourth-order valence-electron chi connectivity index (χ4n) is 7.46. The van der Waals surface area contributed by atoms with Crippen LogP contribution in [0.15, 0.2) is 115 Å². The maximum Gasteiger partial charge on any atom is 0.188 e. The van der Waals surface area contributed by atoms with Gasteiger partial charge in [-0.1, -0.05) is 74.5 Å². The Morgan fingerprint density at radius 1 is 0.667 bits per heavy atom. The second-order valence-electron chi connectivity index (χ2n) is 12.4. The third-order valence-corrected chi connectivity index (χ3v) is 10.8. The Morgan fingerprint density at radius 3 is 2.33 bits per heavy atom. The minimum absolute atomic E-state index is 0.0358. The third kappa shape index (κ3) is 3.55. The highest BCUT2D eigenvalue weighted by molar-refractivity contribution is 7.25. The Hall–Kier alpha value is -5.68. The molecule has 3 nitrogen and oxygen atoms in total. The van der Waals surface area contributed by atoms with Crippen LogP contribution in [0.2, 0.25) is 0 Å². The SMILES string of the molecule is [C-]#[N+]c1ccc2c(c1)c1ccccc1n2-c1ccc(C#N)cc1-c1ccc2c(c1)sc1cc3c(cc12)-c1ccccc1C3(C)C. The van der Waals surface area contributed by atoms with Crippen LogP contribution in [0.3, 0.4) is 0 Å². The van der Waals surface area contributed by atoms with Crippen molar-refractivity contribution in [3.63, 3.8) is 0 Å². The molecule has 1 aliphatic rings. The van der Waals surface area contributed by atoms with E-state index in [0.29, 0.717) is 11.3 Å². The van der Waals surface area contributed by atoms with Crippen LogP contribution in [0.4, 0.5) is 5.69 Å². The number of benzene rings is 6. The summed E-state index contributed by atoms with van der Waals surface area (Å²) < 4.78 is 4.80. The summed E-state index contributed by atoms with van der Waals surface area (Å²) in [5, 5.41) is 14.6. The average Bonchev–Trinajstić information content (AvgIpc) is 3.68. The van der Waals surface area contributed by atoms with E-state index < -0.39 is 0 Å². The van der Waals surface area contributed by atoms with Crippen LogP contribution >= 0.6 is 11.3 Å². The number of thiophene rings is 1. The number of hydrogen-bond donors (Lipinski definition) is 0. The van der Waals surface area contributed by atoms with Gasteiger partial charge in [-0.25, -0.2) is 4.85 Å². The quantitative estimate of drug-likeness (QED) is 0.184. The molecule has 0 unspecified atom stereocenters. The lowest BCUT2D eigenvalue weighted by atomic mass is 9.82. The molecule has 8 aromatic rings. The van der Waals surface area contributed by atoms with Gasteiger partial charge in [0.15, 0.2) is 5.69 Å². The van der Waals surface area contributed by atoms with E-state index in [-0.39, 0.29) is 5.41 Å². The number of aromatic nitrogens is 1. The van der Waals surface area contributed by atoms with E-state index >= 15 is 0 Å². The Morgan fingerprint density at radius 2 is 1.47 bits per heavy atom. The van der Waals surface area contributed by atoms with Crippen molar-refractivity contribution in [2.24, 2.45) is 0 Å². The van der Waals surface area contributed by atoms with Gasteiger partial charge >= 0.3 is 0 Å². The van der Waals surface area contributed by atoms with E-state index in [9.17, 15) is 5.26 Å². The minimum Gasteiger partial charge on any atom is -0.309 e. The zero-order valence-corrected chi connectivity index (χ0v) is 25.5. The standard InChI is InChI=1S/C41H25N3S/c1-41(2)34-10-6-4-8-27(34)31-21-33-29-15-13-25(19-39(29)45-40(33)22-35(31)41)30-18-24(23-42)12-16-37(30)44-36-11-7-5-9-28(36)32-20-26(43-3)14-17-38(32)44/h4-22H,1-2H3. The highest BCUT2D eigenvalue weighted by atomic mass is 32.1. The molecule has 0 aliphatic heterocycles. The molecule has 9 rings (SSSR count). The van der Waals surface area contributed by atoms with Crippen molar-refractivity contribution >= 4 is 59.0 Å². The first kappa shape index (κ1) is 25.8. The van der Waals surface area contributed by atoms with E-state index in [1.54, 1.807) is 0 Å². The average molecular weight is 592 g/mol. The van der Waals surface area contributed by atoms with Crippen LogP contribution in [0.5, 0.6) is 0 Å². The molecule has 0 spiro atoms. The molecule has 0 N–H and O–H groups in total. The van der Waals surface area contributed by atoms with Crippen LogP contribution in [-0.4, -0.2) is 4.57 Å². The van der Waals surface area contributed by atoms with Gasteiger partial charge in [-0.2, -0.15) is 5.26 Å². The molecular weight excluding hydrogens is 567 g/mol. The van der Waals surface area contributed by atoms with Crippen molar-refractivity contribution in [2.45, 2.75) is 19.3 Å². The summed E-state index contributed by atoms with van der Waals surface area (Å²) in [6.45, 7) is 12.2. The van der Waals surface area contributed by atoms with Crippen LogP contribution in [0, 0.1) is 17.9 Å². The fourth-order valence-corrected chi connectivity index (χ4v) is 8.63. The summed E-state index contributed by atoms with van der Waals surface area (Å²) in [6.07, 6.45) is 0. The molecule has 0 saturated carbocycles. The van der Waals surface area contributed by atoms with Crippen molar-refractivity contribution in [2.75, 3.05) is 0 Å². The van der Waals surface area contributed by atoms with Gasteiger partial charge in [0.05, 0.1) is 34.9 Å². The maximum atomic E-state index is 9.91. The van der Waals surface area contributed by atoms with Gasteiger partial charge < -0.3 is 4.57 Å². The summed E-state index contributed by atoms with van der Waals surface area (Å²) >= 11 is 1.84. The van der Waals surface area contributed by atoms with Crippen LogP contribution < -0.4 is 0 Å². The molecular formula is C41H25N3S. The number of hydrogen-bond acceptors (Lipinski definition) is 2. The molecule has 0 saturated heterocycles. The van der Waals surface area contributed by atoms with Crippen molar-refractivity contribution in [1.29, 1.82) is 5.26 Å². The van der Waals surface area contributed by atoms with Crippen LogP contribution in [-0.2, 0) is 5.41 Å². The largest absolute Gasteiger partial charge is 0.309 e. The first-order valence-electron chi connectivity index (χ1n) is 15.0. The number of fused-ring (bicyclic) bond motifs is 9. The van der Waals surface area contributed by atoms with Gasteiger partial charge in [-0.05, 0) is 87.8 Å². The summed E-state index contributed by atoms with van der Waals surface area (Å²) in [5.41, 5.74) is 11.9. The molecule has 0 amide bonds. The van der Waals surface area contributed by atoms with Gasteiger partial charge in [-0.3, -0.25) is 0 Å². The van der Waals surface area contributed by atoms with E-state index in [1.807, 2.05) is 47.7 Å². The van der Waals surface area contributed by atoms with E-state index in [1.165, 1.54) is 42.4 Å². The lowest BCUT2D eigenvalue weighted by Gasteiger charge is -2.21. The van der Waals surface area contributed by atoms with Gasteiger partial charge in [0.1, 0.15) is 0 Å². The number of nitriles is 1. The predicted molar refractivity (Wildman–Crippen MR) is 188 cm³/mol. The molecule has 0 radical (unpaired) electrons. The number of nitrogens with zero attached hydrogens (tertiary/aromatic N) is 3. The number of para-hydroxylation sites is 1. The summed E-state index contributed by atoms with van der Waals surface area (Å²) in [5.74, 6) is 0. The van der Waals surface area contributed by atoms with Gasteiger partial charge in [-0.15, -0.1) is 11.3 Å². The maximum absolute atomic E-state index is 9.91. The van der Waals surface area contributed by atoms with Crippen molar-refractivity contribution in [1.82, 2.24) is 4.57 Å². The van der Waals surface area contributed by atoms with Crippen molar-refractivity contribution in [3.8, 4) is 34.0 Å². The highest BCUT2D eigenvalue weighted by Crippen LogP contribution is 2.51. The Labute approximate surface area is 264 Å². The molecule has 0 fully saturated rings. The van der Waals surface area contributed by atoms with E-state index in [4.69, 9.17) is 6.57 Å². The van der Waals surface area contributed by atoms with Gasteiger partial charge in [0.2, 0.25) is 0 Å². The molecule has 1 aliphatic carbocycles. The second kappa shape index (κ2) is 9.16. The minimum atomic E-state index is -0.0358. The molecule has 0 bridgehead atoms. The molecule has 45 heavy (non-hydrogen) atoms. The Balaban J connectivity index is 1.28. The summed E-state index contributed by atoms with van der Waals surface area (Å²) in [7, 11) is 0. The van der Waals surface area contributed by atoms with Crippen molar-refractivity contribution in [3.05, 3.63) is 143 Å². The lowest BCUT2D eigenvalue weighted by Crippen LogP contribution is -2.14. The summed E-state index contributed by atoms with van der Waals surface area (Å²) in [4.78, 5) is 3.69. The monoisotopic (exact) mass is 591 g/mol. The van der Waals surface area contributed by atoms with E-state index in [0.717, 1.165) is 38.6 Å². The zero-order valence-electron chi connectivity index (χ0n) is 24.7. The zero-order chi connectivity index (χ0) is 30.4. The third-order valence-electron chi connectivity index (χ3n) is 9.64. The predicted octanol–water partition coefficient (Wildman–Crippen LogP) is 11.5. The molecule has 4 heteroatoms. The highest BCUT2D eigenvalue weighted by Gasteiger charge is 2.35. The van der Waals surface area contributed by atoms with Crippen molar-refractivity contribution < 1.29 is 0 Å². The van der Waals surface area contributed by atoms with E-state index in [2.05, 4.69) is 108 Å². The lowest BCUT2D eigenvalue weighted by molar-refractivity contribution is 0.661. The first-order valence-corrected chi connectivity index (χ1v) is 15.8. The first-order chi connectivity index (χ1) is 22.0. The molecule has 0 atom stereocenters. The molecule has 210 valence electrons. The van der Waals surface area contributed by atoms with Gasteiger partial charge in [0, 0.05) is 36.5 Å². The summed E-state index contributed by atoms with van der Waals surface area (Å²) in [6, 6.07) is 42.9. The second-order valence-corrected chi connectivity index (χ2v) is 13.5. The normalized spacial score (nSPS) is 13.2. The van der Waals surface area contributed by atoms with Crippen LogP contribution in [0.25, 0.3) is 74.8 Å². The van der Waals surface area contributed by atoms with Gasteiger partial charge in [0.25, 0.3) is 0 Å². The van der Waals surface area contributed by atoms with Crippen LogP contribution in [0.1, 0.15) is 30.5 Å². The fraction of sp³-hybridized carbons (Fsp3) is 0.0732. The smallest absolute Gasteiger partial charge is 0.188 e. The molecule has 2 aromatic heterocycles.